The number of aliphatic hydroxyl groups excluding tert-OH is 1. The van der Waals surface area contributed by atoms with Crippen LogP contribution in [-0.2, 0) is 6.54 Å². The Morgan fingerprint density at radius 1 is 1.44 bits per heavy atom. The van der Waals surface area contributed by atoms with Gasteiger partial charge in [-0.25, -0.2) is 9.78 Å². The largest absolute Gasteiger partial charge is 0.477 e. The van der Waals surface area contributed by atoms with Gasteiger partial charge in [0.05, 0.1) is 11.8 Å². The molecule has 0 aliphatic rings. The molecular weight excluding hydrogens is 232 g/mol. The molecule has 0 fully saturated rings. The molecule has 18 heavy (non-hydrogen) atoms. The average molecular weight is 252 g/mol. The second-order valence-corrected chi connectivity index (χ2v) is 4.73. The van der Waals surface area contributed by atoms with Crippen LogP contribution in [-0.4, -0.2) is 33.8 Å². The molecule has 1 unspecified atom stereocenters. The first-order valence-electron chi connectivity index (χ1n) is 6.07. The van der Waals surface area contributed by atoms with Gasteiger partial charge in [0.1, 0.15) is 5.69 Å². The number of pyridine rings is 1. The highest BCUT2D eigenvalue weighted by atomic mass is 16.4. The maximum atomic E-state index is 10.7. The minimum atomic E-state index is -1.03. The molecule has 1 heterocycles. The third-order valence-electron chi connectivity index (χ3n) is 2.46. The fourth-order valence-electron chi connectivity index (χ4n) is 1.69. The molecule has 0 aromatic carbocycles. The van der Waals surface area contributed by atoms with Gasteiger partial charge in [0.15, 0.2) is 0 Å². The molecule has 3 N–H and O–H groups in total. The lowest BCUT2D eigenvalue weighted by atomic mass is 10.1. The Kier molecular flexibility index (Phi) is 5.74. The SMILES string of the molecule is CC(C)CC(O)CNCc1cccc(C(=O)O)n1. The van der Waals surface area contributed by atoms with Crippen molar-refractivity contribution in [1.82, 2.24) is 10.3 Å². The van der Waals surface area contributed by atoms with Gasteiger partial charge in [0.2, 0.25) is 0 Å². The molecule has 1 aromatic rings. The van der Waals surface area contributed by atoms with Crippen LogP contribution in [0, 0.1) is 5.92 Å². The van der Waals surface area contributed by atoms with E-state index < -0.39 is 5.97 Å². The number of nitrogens with zero attached hydrogens (tertiary/aromatic N) is 1. The average Bonchev–Trinajstić information content (AvgIpc) is 2.28. The Bertz CT molecular complexity index is 394. The van der Waals surface area contributed by atoms with E-state index >= 15 is 0 Å². The smallest absolute Gasteiger partial charge is 0.354 e. The first-order valence-corrected chi connectivity index (χ1v) is 6.07. The third-order valence-corrected chi connectivity index (χ3v) is 2.46. The molecule has 1 aromatic heterocycles. The van der Waals surface area contributed by atoms with Gasteiger partial charge in [0.25, 0.3) is 0 Å². The van der Waals surface area contributed by atoms with E-state index in [-0.39, 0.29) is 11.8 Å². The van der Waals surface area contributed by atoms with Crippen molar-refractivity contribution < 1.29 is 15.0 Å². The second-order valence-electron chi connectivity index (χ2n) is 4.73. The zero-order chi connectivity index (χ0) is 13.5. The third kappa shape index (κ3) is 5.25. The topological polar surface area (TPSA) is 82.5 Å². The van der Waals surface area contributed by atoms with E-state index in [1.54, 1.807) is 12.1 Å². The zero-order valence-corrected chi connectivity index (χ0v) is 10.8. The number of carboxylic acids is 1. The van der Waals surface area contributed by atoms with Crippen LogP contribution < -0.4 is 5.32 Å². The van der Waals surface area contributed by atoms with Gasteiger partial charge < -0.3 is 15.5 Å². The molecule has 0 saturated heterocycles. The van der Waals surface area contributed by atoms with Crippen LogP contribution in [0.4, 0.5) is 0 Å². The first-order chi connectivity index (χ1) is 8.49. The molecule has 1 rings (SSSR count). The summed E-state index contributed by atoms with van der Waals surface area (Å²) in [5, 5.41) is 21.5. The van der Waals surface area contributed by atoms with E-state index in [0.29, 0.717) is 24.7 Å². The van der Waals surface area contributed by atoms with Crippen LogP contribution in [0.15, 0.2) is 18.2 Å². The highest BCUT2D eigenvalue weighted by Crippen LogP contribution is 2.04. The molecule has 0 saturated carbocycles. The van der Waals surface area contributed by atoms with Crippen LogP contribution in [0.2, 0.25) is 0 Å². The summed E-state index contributed by atoms with van der Waals surface area (Å²) in [5.41, 5.74) is 0.698. The number of carbonyl (C=O) groups is 1. The molecule has 0 spiro atoms. The van der Waals surface area contributed by atoms with E-state index in [1.165, 1.54) is 6.07 Å². The van der Waals surface area contributed by atoms with Gasteiger partial charge in [-0.1, -0.05) is 19.9 Å². The van der Waals surface area contributed by atoms with Crippen molar-refractivity contribution in [2.24, 2.45) is 5.92 Å². The van der Waals surface area contributed by atoms with E-state index in [4.69, 9.17) is 5.11 Å². The number of aliphatic hydroxyl groups is 1. The molecule has 100 valence electrons. The summed E-state index contributed by atoms with van der Waals surface area (Å²) in [6, 6.07) is 4.88. The lowest BCUT2D eigenvalue weighted by Crippen LogP contribution is -2.27. The predicted molar refractivity (Wildman–Crippen MR) is 68.4 cm³/mol. The Hall–Kier alpha value is -1.46. The fraction of sp³-hybridized carbons (Fsp3) is 0.538. The Morgan fingerprint density at radius 2 is 2.17 bits per heavy atom. The summed E-state index contributed by atoms with van der Waals surface area (Å²) in [4.78, 5) is 14.7. The molecule has 5 heteroatoms. The molecule has 5 nitrogen and oxygen atoms in total. The second kappa shape index (κ2) is 7.08. The lowest BCUT2D eigenvalue weighted by molar-refractivity contribution is 0.0690. The van der Waals surface area contributed by atoms with Crippen LogP contribution >= 0.6 is 0 Å². The van der Waals surface area contributed by atoms with Crippen molar-refractivity contribution in [3.05, 3.63) is 29.6 Å². The van der Waals surface area contributed by atoms with Crippen molar-refractivity contribution in [2.75, 3.05) is 6.54 Å². The van der Waals surface area contributed by atoms with Gasteiger partial charge in [-0.15, -0.1) is 0 Å². The standard InChI is InChI=1S/C13H20N2O3/c1-9(2)6-11(16)8-14-7-10-4-3-5-12(15-10)13(17)18/h3-5,9,11,14,16H,6-8H2,1-2H3,(H,17,18). The van der Waals surface area contributed by atoms with Crippen LogP contribution in [0.1, 0.15) is 36.5 Å². The molecule has 0 bridgehead atoms. The maximum Gasteiger partial charge on any atom is 0.354 e. The fourth-order valence-corrected chi connectivity index (χ4v) is 1.69. The quantitative estimate of drug-likeness (QED) is 0.681. The molecule has 0 aliphatic carbocycles. The maximum absolute atomic E-state index is 10.7. The van der Waals surface area contributed by atoms with Crippen LogP contribution in [0.5, 0.6) is 0 Å². The number of hydrogen-bond donors (Lipinski definition) is 3. The van der Waals surface area contributed by atoms with Gasteiger partial charge in [-0.2, -0.15) is 0 Å². The minimum absolute atomic E-state index is 0.0389. The highest BCUT2D eigenvalue weighted by molar-refractivity contribution is 5.85. The number of aromatic carboxylic acids is 1. The Balaban J connectivity index is 2.39. The predicted octanol–water partition coefficient (Wildman–Crippen LogP) is 1.28. The minimum Gasteiger partial charge on any atom is -0.477 e. The highest BCUT2D eigenvalue weighted by Gasteiger charge is 2.07. The normalized spacial score (nSPS) is 12.7. The van der Waals surface area contributed by atoms with Gasteiger partial charge in [0, 0.05) is 13.1 Å². The summed E-state index contributed by atoms with van der Waals surface area (Å²) < 4.78 is 0. The monoisotopic (exact) mass is 252 g/mol. The molecule has 0 aliphatic heterocycles. The van der Waals surface area contributed by atoms with Crippen molar-refractivity contribution in [2.45, 2.75) is 32.9 Å². The van der Waals surface area contributed by atoms with Crippen LogP contribution in [0.3, 0.4) is 0 Å². The number of rotatable bonds is 7. The first kappa shape index (κ1) is 14.6. The number of hydrogen-bond acceptors (Lipinski definition) is 4. The van der Waals surface area contributed by atoms with Gasteiger partial charge in [-0.05, 0) is 24.5 Å². The lowest BCUT2D eigenvalue weighted by Gasteiger charge is -2.13. The summed E-state index contributed by atoms with van der Waals surface area (Å²) in [5.74, 6) is -0.577. The van der Waals surface area contributed by atoms with Crippen molar-refractivity contribution in [3.63, 3.8) is 0 Å². The number of nitrogens with one attached hydrogen (secondary N) is 1. The molecule has 0 amide bonds. The molecule has 0 radical (unpaired) electrons. The molecule has 1 atom stereocenters. The van der Waals surface area contributed by atoms with E-state index in [9.17, 15) is 9.90 Å². The van der Waals surface area contributed by atoms with Crippen molar-refractivity contribution >= 4 is 5.97 Å². The summed E-state index contributed by atoms with van der Waals surface area (Å²) in [7, 11) is 0. The van der Waals surface area contributed by atoms with E-state index in [0.717, 1.165) is 6.42 Å². The van der Waals surface area contributed by atoms with Crippen molar-refractivity contribution in [1.29, 1.82) is 0 Å². The summed E-state index contributed by atoms with van der Waals surface area (Å²) in [6.07, 6.45) is 0.364. The number of carboxylic acid groups (broad SMARTS) is 1. The molecular formula is C13H20N2O3. The van der Waals surface area contributed by atoms with Crippen molar-refractivity contribution in [3.8, 4) is 0 Å². The van der Waals surface area contributed by atoms with E-state index in [2.05, 4.69) is 24.1 Å². The van der Waals surface area contributed by atoms with Gasteiger partial charge >= 0.3 is 5.97 Å². The number of aromatic nitrogens is 1. The Morgan fingerprint density at radius 3 is 2.78 bits per heavy atom. The van der Waals surface area contributed by atoms with Crippen LogP contribution in [0.25, 0.3) is 0 Å². The summed E-state index contributed by atoms with van der Waals surface area (Å²) in [6.45, 7) is 5.05. The summed E-state index contributed by atoms with van der Waals surface area (Å²) >= 11 is 0. The zero-order valence-electron chi connectivity index (χ0n) is 10.8. The van der Waals surface area contributed by atoms with Gasteiger partial charge in [-0.3, -0.25) is 0 Å². The van der Waals surface area contributed by atoms with E-state index in [1.807, 2.05) is 0 Å². The Labute approximate surface area is 107 Å².